The first-order valence-corrected chi connectivity index (χ1v) is 11.6. The molecule has 1 atom stereocenters. The van der Waals surface area contributed by atoms with Crippen LogP contribution < -0.4 is 15.7 Å². The highest BCUT2D eigenvalue weighted by atomic mass is 32.2. The zero-order valence-electron chi connectivity index (χ0n) is 17.8. The number of benzene rings is 2. The summed E-state index contributed by atoms with van der Waals surface area (Å²) in [6, 6.07) is 11.0. The number of piperazine rings is 1. The second kappa shape index (κ2) is 8.77. The Balaban J connectivity index is 1.37. The van der Waals surface area contributed by atoms with Gasteiger partial charge in [0.1, 0.15) is 5.75 Å². The van der Waals surface area contributed by atoms with Crippen molar-refractivity contribution in [3.05, 3.63) is 52.9 Å². The lowest BCUT2D eigenvalue weighted by Crippen LogP contribution is -2.53. The molecule has 1 fully saturated rings. The minimum absolute atomic E-state index is 0.200. The predicted molar refractivity (Wildman–Crippen MR) is 120 cm³/mol. The number of carbonyl (C=O) groups is 1. The molecule has 3 N–H and O–H groups in total. The maximum absolute atomic E-state index is 12.9. The van der Waals surface area contributed by atoms with Crippen molar-refractivity contribution in [2.75, 3.05) is 38.6 Å². The number of aromatic nitrogens is 2. The van der Waals surface area contributed by atoms with Gasteiger partial charge in [-0.15, -0.1) is 0 Å². The molecule has 1 saturated heterocycles. The second-order valence-corrected chi connectivity index (χ2v) is 9.56. The normalized spacial score (nSPS) is 16.7. The molecule has 0 saturated carbocycles. The molecule has 10 nitrogen and oxygen atoms in total. The van der Waals surface area contributed by atoms with E-state index in [1.54, 1.807) is 37.3 Å². The molecule has 1 unspecified atom stereocenters. The van der Waals surface area contributed by atoms with E-state index in [2.05, 4.69) is 15.3 Å². The number of rotatable bonds is 6. The molecule has 32 heavy (non-hydrogen) atoms. The van der Waals surface area contributed by atoms with Crippen LogP contribution in [0.2, 0.25) is 0 Å². The van der Waals surface area contributed by atoms with Crippen LogP contribution in [0.4, 0.5) is 5.69 Å². The van der Waals surface area contributed by atoms with Crippen LogP contribution in [0.3, 0.4) is 0 Å². The number of aromatic amines is 2. The van der Waals surface area contributed by atoms with Crippen molar-refractivity contribution in [2.45, 2.75) is 17.9 Å². The highest BCUT2D eigenvalue weighted by Crippen LogP contribution is 2.21. The number of sulfonamides is 1. The first-order valence-electron chi connectivity index (χ1n) is 10.2. The van der Waals surface area contributed by atoms with E-state index < -0.39 is 16.1 Å². The zero-order chi connectivity index (χ0) is 22.9. The third kappa shape index (κ3) is 4.40. The van der Waals surface area contributed by atoms with Crippen LogP contribution in [0.5, 0.6) is 5.75 Å². The van der Waals surface area contributed by atoms with Crippen molar-refractivity contribution in [3.8, 4) is 5.75 Å². The summed E-state index contributed by atoms with van der Waals surface area (Å²) in [5.74, 6) is 0.393. The lowest BCUT2D eigenvalue weighted by Gasteiger charge is -2.36. The Labute approximate surface area is 185 Å². The van der Waals surface area contributed by atoms with Gasteiger partial charge in [0.15, 0.2) is 0 Å². The molecule has 0 radical (unpaired) electrons. The molecule has 3 aromatic rings. The summed E-state index contributed by atoms with van der Waals surface area (Å²) in [7, 11) is -2.08. The van der Waals surface area contributed by atoms with E-state index in [1.807, 2.05) is 4.90 Å². The number of anilines is 1. The Kier molecular flexibility index (Phi) is 6.04. The van der Waals surface area contributed by atoms with Crippen molar-refractivity contribution in [1.29, 1.82) is 0 Å². The van der Waals surface area contributed by atoms with Crippen molar-refractivity contribution in [1.82, 2.24) is 19.2 Å². The number of nitrogens with zero attached hydrogens (tertiary/aromatic N) is 2. The molecule has 0 bridgehead atoms. The number of imidazole rings is 1. The summed E-state index contributed by atoms with van der Waals surface area (Å²) in [5.41, 5.74) is 1.54. The first-order chi connectivity index (χ1) is 15.3. The summed E-state index contributed by atoms with van der Waals surface area (Å²) in [6.07, 6.45) is 0. The van der Waals surface area contributed by atoms with Crippen molar-refractivity contribution >= 4 is 32.7 Å². The summed E-state index contributed by atoms with van der Waals surface area (Å²) in [5, 5.41) is 2.86. The van der Waals surface area contributed by atoms with Crippen molar-refractivity contribution < 1.29 is 17.9 Å². The molecule has 2 heterocycles. The molecule has 170 valence electrons. The Hall–Kier alpha value is -3.15. The number of hydrogen-bond acceptors (Lipinski definition) is 6. The van der Waals surface area contributed by atoms with Crippen LogP contribution in [-0.4, -0.2) is 72.8 Å². The van der Waals surface area contributed by atoms with Gasteiger partial charge in [-0.1, -0.05) is 0 Å². The monoisotopic (exact) mass is 459 g/mol. The number of ether oxygens (including phenoxy) is 1. The average Bonchev–Trinajstić information content (AvgIpc) is 3.18. The number of amides is 1. The Bertz CT molecular complexity index is 1270. The quantitative estimate of drug-likeness (QED) is 0.508. The Morgan fingerprint density at radius 1 is 1.03 bits per heavy atom. The molecule has 0 spiro atoms. The summed E-state index contributed by atoms with van der Waals surface area (Å²) < 4.78 is 32.3. The Morgan fingerprint density at radius 3 is 2.34 bits per heavy atom. The topological polar surface area (TPSA) is 128 Å². The molecular formula is C21H25N5O5S. The maximum atomic E-state index is 12.9. The molecule has 1 aliphatic rings. The van der Waals surface area contributed by atoms with E-state index in [1.165, 1.54) is 23.5 Å². The van der Waals surface area contributed by atoms with E-state index in [4.69, 9.17) is 4.74 Å². The predicted octanol–water partition coefficient (Wildman–Crippen LogP) is 1.20. The van der Waals surface area contributed by atoms with Gasteiger partial charge in [0, 0.05) is 31.9 Å². The van der Waals surface area contributed by atoms with Crippen LogP contribution in [0.1, 0.15) is 6.92 Å². The minimum Gasteiger partial charge on any atom is -0.497 e. The summed E-state index contributed by atoms with van der Waals surface area (Å²) in [4.78, 5) is 31.6. The van der Waals surface area contributed by atoms with Gasteiger partial charge in [-0.2, -0.15) is 4.31 Å². The van der Waals surface area contributed by atoms with E-state index in [-0.39, 0.29) is 16.5 Å². The maximum Gasteiger partial charge on any atom is 0.323 e. The lowest BCUT2D eigenvalue weighted by atomic mass is 10.2. The third-order valence-electron chi connectivity index (χ3n) is 5.68. The highest BCUT2D eigenvalue weighted by molar-refractivity contribution is 7.89. The molecule has 2 aromatic carbocycles. The van der Waals surface area contributed by atoms with Gasteiger partial charge in [-0.3, -0.25) is 9.69 Å². The van der Waals surface area contributed by atoms with E-state index in [0.29, 0.717) is 48.6 Å². The Morgan fingerprint density at radius 2 is 1.69 bits per heavy atom. The number of H-pyrrole nitrogens is 2. The van der Waals surface area contributed by atoms with Crippen LogP contribution in [0.15, 0.2) is 52.2 Å². The summed E-state index contributed by atoms with van der Waals surface area (Å²) in [6.45, 7) is 3.26. The van der Waals surface area contributed by atoms with Gasteiger partial charge in [-0.05, 0) is 49.4 Å². The second-order valence-electron chi connectivity index (χ2n) is 7.62. The standard InChI is InChI=1S/C21H25N5O5S/c1-14(20(27)22-15-3-8-18-19(13-15)24-21(28)23-18)25-9-11-26(12-10-25)32(29,30)17-6-4-16(31-2)5-7-17/h3-8,13-14H,9-12H2,1-2H3,(H,22,27)(H2,23,24,28). The van der Waals surface area contributed by atoms with E-state index in [0.717, 1.165) is 0 Å². The summed E-state index contributed by atoms with van der Waals surface area (Å²) >= 11 is 0. The van der Waals surface area contributed by atoms with Gasteiger partial charge in [0.2, 0.25) is 15.9 Å². The van der Waals surface area contributed by atoms with Gasteiger partial charge >= 0.3 is 5.69 Å². The fourth-order valence-electron chi connectivity index (χ4n) is 3.75. The van der Waals surface area contributed by atoms with Crippen LogP contribution in [0, 0.1) is 0 Å². The number of fused-ring (bicyclic) bond motifs is 1. The van der Waals surface area contributed by atoms with Gasteiger partial charge in [0.05, 0.1) is 29.1 Å². The van der Waals surface area contributed by atoms with Crippen LogP contribution in [0.25, 0.3) is 11.0 Å². The van der Waals surface area contributed by atoms with Gasteiger partial charge in [-0.25, -0.2) is 13.2 Å². The number of carbonyl (C=O) groups excluding carboxylic acids is 1. The molecule has 1 aromatic heterocycles. The molecular weight excluding hydrogens is 434 g/mol. The largest absolute Gasteiger partial charge is 0.497 e. The smallest absolute Gasteiger partial charge is 0.323 e. The van der Waals surface area contributed by atoms with Gasteiger partial charge in [0.25, 0.3) is 0 Å². The SMILES string of the molecule is COc1ccc(S(=O)(=O)N2CCN(C(C)C(=O)Nc3ccc4[nH]c(=O)[nH]c4c3)CC2)cc1. The van der Waals surface area contributed by atoms with E-state index in [9.17, 15) is 18.0 Å². The van der Waals surface area contributed by atoms with E-state index >= 15 is 0 Å². The van der Waals surface area contributed by atoms with Crippen LogP contribution >= 0.6 is 0 Å². The molecule has 1 aliphatic heterocycles. The highest BCUT2D eigenvalue weighted by Gasteiger charge is 2.31. The number of methoxy groups -OCH3 is 1. The molecule has 11 heteroatoms. The first kappa shape index (κ1) is 22.1. The fraction of sp³-hybridized carbons (Fsp3) is 0.333. The molecule has 4 rings (SSSR count). The zero-order valence-corrected chi connectivity index (χ0v) is 18.6. The number of nitrogens with one attached hydrogen (secondary N) is 3. The lowest BCUT2D eigenvalue weighted by molar-refractivity contribution is -0.121. The fourth-order valence-corrected chi connectivity index (χ4v) is 5.17. The number of hydrogen-bond donors (Lipinski definition) is 3. The van der Waals surface area contributed by atoms with Crippen LogP contribution in [-0.2, 0) is 14.8 Å². The van der Waals surface area contributed by atoms with Gasteiger partial charge < -0.3 is 20.0 Å². The molecule has 0 aliphatic carbocycles. The average molecular weight is 460 g/mol. The molecule has 1 amide bonds. The minimum atomic E-state index is -3.61. The van der Waals surface area contributed by atoms with Crippen molar-refractivity contribution in [2.24, 2.45) is 0 Å². The third-order valence-corrected chi connectivity index (χ3v) is 7.59. The van der Waals surface area contributed by atoms with Crippen molar-refractivity contribution in [3.63, 3.8) is 0 Å².